The summed E-state index contributed by atoms with van der Waals surface area (Å²) >= 11 is 0. The van der Waals surface area contributed by atoms with Crippen molar-refractivity contribution in [3.8, 4) is 17.1 Å². The Morgan fingerprint density at radius 1 is 1.03 bits per heavy atom. The zero-order chi connectivity index (χ0) is 22.3. The van der Waals surface area contributed by atoms with Crippen LogP contribution in [0.15, 0.2) is 30.7 Å². The van der Waals surface area contributed by atoms with Crippen LogP contribution in [-0.2, 0) is 13.5 Å². The maximum Gasteiger partial charge on any atom is 0.280 e. The number of halogens is 3. The molecule has 0 aliphatic rings. The molecule has 4 heterocycles. The van der Waals surface area contributed by atoms with E-state index in [2.05, 4.69) is 25.1 Å². The Balaban J connectivity index is 1.65. The minimum absolute atomic E-state index is 0.272. The van der Waals surface area contributed by atoms with Gasteiger partial charge in [0.05, 0.1) is 22.8 Å². The second kappa shape index (κ2) is 7.93. The van der Waals surface area contributed by atoms with Gasteiger partial charge in [0.2, 0.25) is 0 Å². The van der Waals surface area contributed by atoms with Crippen molar-refractivity contribution in [1.82, 2.24) is 34.5 Å². The van der Waals surface area contributed by atoms with Gasteiger partial charge < -0.3 is 0 Å². The van der Waals surface area contributed by atoms with Gasteiger partial charge in [0.25, 0.3) is 6.43 Å². The Hall–Kier alpha value is -3.56. The zero-order valence-electron chi connectivity index (χ0n) is 17.4. The molecule has 0 aliphatic carbocycles. The second-order valence-corrected chi connectivity index (χ2v) is 7.26. The van der Waals surface area contributed by atoms with Crippen LogP contribution in [0.25, 0.3) is 17.1 Å². The molecule has 31 heavy (non-hydrogen) atoms. The third-order valence-corrected chi connectivity index (χ3v) is 5.19. The van der Waals surface area contributed by atoms with Crippen LogP contribution < -0.4 is 0 Å². The van der Waals surface area contributed by atoms with Gasteiger partial charge in [-0.3, -0.25) is 9.67 Å². The first-order valence-corrected chi connectivity index (χ1v) is 9.56. The highest BCUT2D eigenvalue weighted by Gasteiger charge is 2.18. The number of pyridine rings is 1. The Kier molecular flexibility index (Phi) is 5.30. The molecule has 0 amide bonds. The maximum absolute atomic E-state index is 14.0. The molecule has 4 aromatic rings. The third kappa shape index (κ3) is 3.80. The van der Waals surface area contributed by atoms with Crippen molar-refractivity contribution >= 4 is 0 Å². The minimum atomic E-state index is -2.61. The quantitative estimate of drug-likeness (QED) is 0.480. The Bertz CT molecular complexity index is 1240. The average Bonchev–Trinajstić information content (AvgIpc) is 3.18. The summed E-state index contributed by atoms with van der Waals surface area (Å²) < 4.78 is 42.8. The molecule has 0 bridgehead atoms. The van der Waals surface area contributed by atoms with Gasteiger partial charge in [0, 0.05) is 37.0 Å². The van der Waals surface area contributed by atoms with Gasteiger partial charge in [-0.2, -0.15) is 10.2 Å². The molecule has 160 valence electrons. The van der Waals surface area contributed by atoms with E-state index in [1.165, 1.54) is 23.3 Å². The fourth-order valence-corrected chi connectivity index (χ4v) is 3.48. The molecular weight excluding hydrogens is 407 g/mol. The Morgan fingerprint density at radius 2 is 1.81 bits per heavy atom. The van der Waals surface area contributed by atoms with Crippen LogP contribution in [0.1, 0.15) is 40.5 Å². The first-order chi connectivity index (χ1) is 14.8. The van der Waals surface area contributed by atoms with Crippen molar-refractivity contribution < 1.29 is 13.2 Å². The number of alkyl halides is 2. The molecule has 0 N–H and O–H groups in total. The highest BCUT2D eigenvalue weighted by molar-refractivity contribution is 5.63. The lowest BCUT2D eigenvalue weighted by molar-refractivity contribution is 0.146. The van der Waals surface area contributed by atoms with E-state index in [-0.39, 0.29) is 11.5 Å². The number of rotatable bonds is 5. The lowest BCUT2D eigenvalue weighted by Crippen LogP contribution is -2.06. The number of hydrogen-bond donors (Lipinski definition) is 0. The van der Waals surface area contributed by atoms with Crippen molar-refractivity contribution in [3.63, 3.8) is 0 Å². The predicted octanol–water partition coefficient (Wildman–Crippen LogP) is 4.05. The molecule has 0 unspecified atom stereocenters. The molecule has 0 aliphatic heterocycles. The van der Waals surface area contributed by atoms with Gasteiger partial charge in [-0.05, 0) is 38.5 Å². The smallest absolute Gasteiger partial charge is 0.271 e. The van der Waals surface area contributed by atoms with E-state index in [0.717, 1.165) is 11.3 Å². The van der Waals surface area contributed by atoms with Gasteiger partial charge in [-0.1, -0.05) is 0 Å². The first-order valence-electron chi connectivity index (χ1n) is 9.56. The lowest BCUT2D eigenvalue weighted by Gasteiger charge is -2.07. The Morgan fingerprint density at radius 3 is 2.42 bits per heavy atom. The molecule has 0 spiro atoms. The molecule has 0 atom stereocenters. The van der Waals surface area contributed by atoms with Crippen LogP contribution in [0.2, 0.25) is 0 Å². The van der Waals surface area contributed by atoms with Crippen LogP contribution in [0.5, 0.6) is 0 Å². The topological polar surface area (TPSA) is 74.3 Å². The maximum atomic E-state index is 14.0. The molecule has 0 saturated carbocycles. The summed E-state index contributed by atoms with van der Waals surface area (Å²) in [6.07, 6.45) is 0.659. The van der Waals surface area contributed by atoms with Crippen LogP contribution in [0.4, 0.5) is 13.2 Å². The van der Waals surface area contributed by atoms with Gasteiger partial charge in [0.15, 0.2) is 11.6 Å². The molecule has 0 radical (unpaired) electrons. The van der Waals surface area contributed by atoms with E-state index in [1.54, 1.807) is 30.7 Å². The molecule has 0 saturated heterocycles. The van der Waals surface area contributed by atoms with Crippen LogP contribution in [0, 0.1) is 26.6 Å². The highest BCUT2D eigenvalue weighted by atomic mass is 19.3. The largest absolute Gasteiger partial charge is 0.280 e. The molecule has 7 nitrogen and oxygen atoms in total. The van der Waals surface area contributed by atoms with Gasteiger partial charge in [-0.25, -0.2) is 27.8 Å². The SMILES string of the molecule is Cc1nn(-c2cc(Cc3c(C)c(-c4ccc(C(F)F)nc4)nn3C)ncn2)c(C)c1F. The van der Waals surface area contributed by atoms with Crippen molar-refractivity contribution in [2.45, 2.75) is 33.6 Å². The van der Waals surface area contributed by atoms with Crippen LogP contribution in [-0.4, -0.2) is 34.5 Å². The average molecular weight is 427 g/mol. The van der Waals surface area contributed by atoms with Gasteiger partial charge in [0.1, 0.15) is 12.0 Å². The van der Waals surface area contributed by atoms with E-state index in [4.69, 9.17) is 0 Å². The summed E-state index contributed by atoms with van der Waals surface area (Å²) in [6, 6.07) is 4.65. The summed E-state index contributed by atoms with van der Waals surface area (Å²) in [5.41, 5.74) is 4.24. The molecular formula is C21H20F3N7. The monoisotopic (exact) mass is 427 g/mol. The van der Waals surface area contributed by atoms with Crippen molar-refractivity contribution in [3.05, 3.63) is 70.6 Å². The van der Waals surface area contributed by atoms with E-state index < -0.39 is 6.43 Å². The number of nitrogens with zero attached hydrogens (tertiary/aromatic N) is 7. The minimum Gasteiger partial charge on any atom is -0.271 e. The number of hydrogen-bond acceptors (Lipinski definition) is 5. The molecule has 10 heteroatoms. The molecule has 0 fully saturated rings. The summed E-state index contributed by atoms with van der Waals surface area (Å²) in [6.45, 7) is 5.16. The van der Waals surface area contributed by atoms with Gasteiger partial charge in [-0.15, -0.1) is 0 Å². The summed E-state index contributed by atoms with van der Waals surface area (Å²) in [7, 11) is 1.81. The zero-order valence-corrected chi connectivity index (χ0v) is 17.4. The van der Waals surface area contributed by atoms with Crippen LogP contribution >= 0.6 is 0 Å². The predicted molar refractivity (Wildman–Crippen MR) is 108 cm³/mol. The summed E-state index contributed by atoms with van der Waals surface area (Å²) in [4.78, 5) is 12.4. The van der Waals surface area contributed by atoms with Crippen molar-refractivity contribution in [2.24, 2.45) is 7.05 Å². The number of aryl methyl sites for hydroxylation is 2. The van der Waals surface area contributed by atoms with Gasteiger partial charge >= 0.3 is 0 Å². The second-order valence-electron chi connectivity index (χ2n) is 7.26. The fourth-order valence-electron chi connectivity index (χ4n) is 3.48. The highest BCUT2D eigenvalue weighted by Crippen LogP contribution is 2.27. The molecule has 0 aromatic carbocycles. The fraction of sp³-hybridized carbons (Fsp3) is 0.286. The number of aromatic nitrogens is 7. The van der Waals surface area contributed by atoms with E-state index in [9.17, 15) is 13.2 Å². The van der Waals surface area contributed by atoms with E-state index >= 15 is 0 Å². The van der Waals surface area contributed by atoms with Crippen LogP contribution in [0.3, 0.4) is 0 Å². The first kappa shape index (κ1) is 20.7. The summed E-state index contributed by atoms with van der Waals surface area (Å²) in [5.74, 6) is 0.111. The van der Waals surface area contributed by atoms with E-state index in [1.807, 2.05) is 14.0 Å². The molecule has 4 aromatic heterocycles. The van der Waals surface area contributed by atoms with E-state index in [0.29, 0.717) is 40.6 Å². The lowest BCUT2D eigenvalue weighted by atomic mass is 10.1. The van der Waals surface area contributed by atoms with Crippen molar-refractivity contribution in [2.75, 3.05) is 0 Å². The molecule has 4 rings (SSSR count). The normalized spacial score (nSPS) is 11.5. The Labute approximate surface area is 176 Å². The van der Waals surface area contributed by atoms with Crippen molar-refractivity contribution in [1.29, 1.82) is 0 Å². The summed E-state index contributed by atoms with van der Waals surface area (Å²) in [5, 5.41) is 8.74. The standard InChI is InChI=1S/C21H20F3N7/c1-11-17(30(4)29-20(11)14-5-6-16(21(23)24)25-9-14)7-15-8-18(27-10-26-15)31-13(3)19(22)12(2)28-31/h5-6,8-10,21H,7H2,1-4H3. The third-order valence-electron chi connectivity index (χ3n) is 5.19.